The first kappa shape index (κ1) is 18.7. The third kappa shape index (κ3) is 4.76. The van der Waals surface area contributed by atoms with Gasteiger partial charge in [0.1, 0.15) is 0 Å². The highest BCUT2D eigenvalue weighted by atomic mass is 16.6. The Labute approximate surface area is 160 Å². The first-order chi connectivity index (χ1) is 13.1. The second-order valence-corrected chi connectivity index (χ2v) is 6.78. The Hall–Kier alpha value is -3.08. The van der Waals surface area contributed by atoms with Crippen LogP contribution < -0.4 is 5.32 Å². The summed E-state index contributed by atoms with van der Waals surface area (Å²) in [5.74, 6) is 0. The van der Waals surface area contributed by atoms with Crippen molar-refractivity contribution in [3.8, 4) is 0 Å². The Morgan fingerprint density at radius 2 is 2.07 bits per heavy atom. The summed E-state index contributed by atoms with van der Waals surface area (Å²) in [4.78, 5) is 20.0. The van der Waals surface area contributed by atoms with E-state index in [4.69, 9.17) is 4.84 Å². The molecule has 0 saturated carbocycles. The molecule has 2 aromatic rings. The Morgan fingerprint density at radius 3 is 2.78 bits per heavy atom. The van der Waals surface area contributed by atoms with E-state index in [0.29, 0.717) is 19.5 Å². The molecule has 1 aliphatic rings. The van der Waals surface area contributed by atoms with Gasteiger partial charge in [-0.05, 0) is 31.0 Å². The van der Waals surface area contributed by atoms with Crippen molar-refractivity contribution in [1.29, 1.82) is 0 Å². The van der Waals surface area contributed by atoms with Crippen molar-refractivity contribution in [2.45, 2.75) is 26.4 Å². The molecule has 140 valence electrons. The highest BCUT2D eigenvalue weighted by molar-refractivity contribution is 6.01. The number of carbonyl (C=O) groups is 1. The molecule has 0 fully saturated rings. The highest BCUT2D eigenvalue weighted by Crippen LogP contribution is 2.19. The summed E-state index contributed by atoms with van der Waals surface area (Å²) >= 11 is 0. The minimum atomic E-state index is -0.168. The molecule has 2 amide bonds. The lowest BCUT2D eigenvalue weighted by Crippen LogP contribution is -2.40. The SMILES string of the molecule is C=CCN(CC1CC(c2ccccc2)=NO1)C(=O)Nc1ccc(C)cc1C. The monoisotopic (exact) mass is 363 g/mol. The highest BCUT2D eigenvalue weighted by Gasteiger charge is 2.26. The van der Waals surface area contributed by atoms with Gasteiger partial charge in [0.15, 0.2) is 6.10 Å². The molecule has 1 N–H and O–H groups in total. The van der Waals surface area contributed by atoms with Gasteiger partial charge in [-0.1, -0.05) is 59.3 Å². The summed E-state index contributed by atoms with van der Waals surface area (Å²) in [6.07, 6.45) is 2.23. The fraction of sp³-hybridized carbons (Fsp3) is 0.273. The quantitative estimate of drug-likeness (QED) is 0.768. The van der Waals surface area contributed by atoms with Crippen LogP contribution in [0.3, 0.4) is 0 Å². The molecule has 0 bridgehead atoms. The molecule has 0 saturated heterocycles. The van der Waals surface area contributed by atoms with Crippen LogP contribution in [0.4, 0.5) is 10.5 Å². The van der Waals surface area contributed by atoms with E-state index in [1.165, 1.54) is 5.56 Å². The number of anilines is 1. The standard InChI is InChI=1S/C22H25N3O2/c1-4-12-25(22(26)23-20-11-10-16(2)13-17(20)3)15-19-14-21(24-27-19)18-8-6-5-7-9-18/h4-11,13,19H,1,12,14-15H2,2-3H3,(H,23,26). The van der Waals surface area contributed by atoms with E-state index >= 15 is 0 Å². The second-order valence-electron chi connectivity index (χ2n) is 6.78. The number of hydrogen-bond donors (Lipinski definition) is 1. The molecule has 27 heavy (non-hydrogen) atoms. The number of nitrogens with one attached hydrogen (secondary N) is 1. The maximum atomic E-state index is 12.8. The van der Waals surface area contributed by atoms with Crippen LogP contribution in [0.2, 0.25) is 0 Å². The van der Waals surface area contributed by atoms with Crippen LogP contribution >= 0.6 is 0 Å². The zero-order valence-electron chi connectivity index (χ0n) is 15.8. The molecule has 1 aliphatic heterocycles. The lowest BCUT2D eigenvalue weighted by Gasteiger charge is -2.24. The zero-order chi connectivity index (χ0) is 19.2. The molecule has 2 aromatic carbocycles. The van der Waals surface area contributed by atoms with Crippen LogP contribution in [0, 0.1) is 13.8 Å². The van der Waals surface area contributed by atoms with Gasteiger partial charge in [0.05, 0.1) is 12.3 Å². The minimum absolute atomic E-state index is 0.162. The van der Waals surface area contributed by atoms with Crippen LogP contribution in [0.25, 0.3) is 0 Å². The molecular formula is C22H25N3O2. The van der Waals surface area contributed by atoms with Gasteiger partial charge in [-0.3, -0.25) is 0 Å². The van der Waals surface area contributed by atoms with Crippen molar-refractivity contribution in [3.05, 3.63) is 77.9 Å². The maximum absolute atomic E-state index is 12.8. The van der Waals surface area contributed by atoms with Crippen molar-refractivity contribution in [2.75, 3.05) is 18.4 Å². The second kappa shape index (κ2) is 8.54. The third-order valence-electron chi connectivity index (χ3n) is 4.52. The zero-order valence-corrected chi connectivity index (χ0v) is 15.8. The van der Waals surface area contributed by atoms with E-state index in [0.717, 1.165) is 22.5 Å². The Bertz CT molecular complexity index is 846. The van der Waals surface area contributed by atoms with Gasteiger partial charge in [0.25, 0.3) is 0 Å². The third-order valence-corrected chi connectivity index (χ3v) is 4.52. The van der Waals surface area contributed by atoms with E-state index in [-0.39, 0.29) is 12.1 Å². The smallest absolute Gasteiger partial charge is 0.322 e. The van der Waals surface area contributed by atoms with Crippen LogP contribution in [-0.2, 0) is 4.84 Å². The Balaban J connectivity index is 1.62. The number of amides is 2. The molecule has 0 aromatic heterocycles. The summed E-state index contributed by atoms with van der Waals surface area (Å²) in [6, 6.07) is 15.8. The van der Waals surface area contributed by atoms with Gasteiger partial charge in [0.2, 0.25) is 0 Å². The van der Waals surface area contributed by atoms with Crippen molar-refractivity contribution < 1.29 is 9.63 Å². The molecule has 3 rings (SSSR count). The average Bonchev–Trinajstić information content (AvgIpc) is 3.13. The van der Waals surface area contributed by atoms with Crippen LogP contribution in [-0.4, -0.2) is 35.8 Å². The largest absolute Gasteiger partial charge is 0.390 e. The summed E-state index contributed by atoms with van der Waals surface area (Å²) in [5, 5.41) is 7.19. The van der Waals surface area contributed by atoms with Crippen molar-refractivity contribution in [2.24, 2.45) is 5.16 Å². The maximum Gasteiger partial charge on any atom is 0.322 e. The number of rotatable bonds is 6. The van der Waals surface area contributed by atoms with E-state index < -0.39 is 0 Å². The van der Waals surface area contributed by atoms with Gasteiger partial charge in [0, 0.05) is 18.7 Å². The topological polar surface area (TPSA) is 53.9 Å². The molecule has 1 atom stereocenters. The molecule has 1 heterocycles. The number of aryl methyl sites for hydroxylation is 2. The lowest BCUT2D eigenvalue weighted by atomic mass is 10.0. The summed E-state index contributed by atoms with van der Waals surface area (Å²) < 4.78 is 0. The van der Waals surface area contributed by atoms with Gasteiger partial charge in [-0.2, -0.15) is 0 Å². The van der Waals surface area contributed by atoms with Crippen LogP contribution in [0.1, 0.15) is 23.1 Å². The van der Waals surface area contributed by atoms with Gasteiger partial charge >= 0.3 is 6.03 Å². The molecule has 0 aliphatic carbocycles. The first-order valence-electron chi connectivity index (χ1n) is 9.09. The van der Waals surface area contributed by atoms with E-state index in [9.17, 15) is 4.79 Å². The number of hydrogen-bond acceptors (Lipinski definition) is 3. The fourth-order valence-electron chi connectivity index (χ4n) is 3.12. The average molecular weight is 363 g/mol. The van der Waals surface area contributed by atoms with Crippen molar-refractivity contribution >= 4 is 17.4 Å². The Kier molecular flexibility index (Phi) is 5.91. The summed E-state index contributed by atoms with van der Waals surface area (Å²) in [6.45, 7) is 8.67. The summed E-state index contributed by atoms with van der Waals surface area (Å²) in [7, 11) is 0. The van der Waals surface area contributed by atoms with E-state index in [1.54, 1.807) is 11.0 Å². The van der Waals surface area contributed by atoms with Gasteiger partial charge < -0.3 is 15.1 Å². The predicted octanol–water partition coefficient (Wildman–Crippen LogP) is 4.52. The predicted molar refractivity (Wildman–Crippen MR) is 109 cm³/mol. The normalized spacial score (nSPS) is 15.6. The van der Waals surface area contributed by atoms with Crippen molar-refractivity contribution in [3.63, 3.8) is 0 Å². The van der Waals surface area contributed by atoms with E-state index in [1.807, 2.05) is 62.4 Å². The Morgan fingerprint density at radius 1 is 1.30 bits per heavy atom. The molecule has 1 unspecified atom stereocenters. The lowest BCUT2D eigenvalue weighted by molar-refractivity contribution is 0.0645. The van der Waals surface area contributed by atoms with E-state index in [2.05, 4.69) is 17.1 Å². The van der Waals surface area contributed by atoms with Crippen LogP contribution in [0.5, 0.6) is 0 Å². The van der Waals surface area contributed by atoms with Crippen molar-refractivity contribution in [1.82, 2.24) is 4.90 Å². The number of oxime groups is 1. The summed E-state index contributed by atoms with van der Waals surface area (Å²) in [5.41, 5.74) is 4.98. The molecule has 0 radical (unpaired) electrons. The fourth-order valence-corrected chi connectivity index (χ4v) is 3.12. The molecule has 5 nitrogen and oxygen atoms in total. The van der Waals surface area contributed by atoms with Gasteiger partial charge in [-0.15, -0.1) is 6.58 Å². The molecular weight excluding hydrogens is 338 g/mol. The number of urea groups is 1. The minimum Gasteiger partial charge on any atom is -0.390 e. The number of benzene rings is 2. The van der Waals surface area contributed by atoms with Gasteiger partial charge in [-0.25, -0.2) is 4.79 Å². The first-order valence-corrected chi connectivity index (χ1v) is 9.09. The van der Waals surface area contributed by atoms with Crippen LogP contribution in [0.15, 0.2) is 66.3 Å². The molecule has 5 heteroatoms. The number of nitrogens with zero attached hydrogens (tertiary/aromatic N) is 2. The molecule has 0 spiro atoms. The number of carbonyl (C=O) groups excluding carboxylic acids is 1.